The molecule has 1 spiro atoms. The molecule has 44 valence electrons. The molecule has 0 nitrogen and oxygen atoms in total. The first-order valence-electron chi connectivity index (χ1n) is 3.89. The average Bonchev–Trinajstić information content (AvgIpc) is 2.05. The molecule has 4 rings (SSSR count). The molecule has 2 bridgehead atoms. The maximum absolute atomic E-state index is 1.62. The van der Waals surface area contributed by atoms with Crippen LogP contribution in [0.25, 0.3) is 0 Å². The molecular weight excluding hydrogens is 96.1 g/mol. The SMILES string of the molecule is C1C2CC1C1(CC1)C2. The van der Waals surface area contributed by atoms with Gasteiger partial charge in [0.2, 0.25) is 0 Å². The second-order valence-corrected chi connectivity index (χ2v) is 4.10. The first kappa shape index (κ1) is 3.92. The molecule has 4 fully saturated rings. The summed E-state index contributed by atoms with van der Waals surface area (Å²) in [5.41, 5.74) is 0.977. The highest BCUT2D eigenvalue weighted by Gasteiger charge is 2.61. The van der Waals surface area contributed by atoms with Crippen LogP contribution in [-0.2, 0) is 0 Å². The number of hydrogen-bond acceptors (Lipinski definition) is 0. The summed E-state index contributed by atoms with van der Waals surface area (Å²) in [7, 11) is 0. The molecule has 4 aliphatic carbocycles. The van der Waals surface area contributed by atoms with Gasteiger partial charge in [0, 0.05) is 0 Å². The van der Waals surface area contributed by atoms with Gasteiger partial charge in [-0.05, 0) is 49.4 Å². The smallest absolute Gasteiger partial charge is 0.0266 e. The summed E-state index contributed by atoms with van der Waals surface area (Å²) in [6.45, 7) is 0. The summed E-state index contributed by atoms with van der Waals surface area (Å²) < 4.78 is 0. The summed E-state index contributed by atoms with van der Waals surface area (Å²) >= 11 is 0. The van der Waals surface area contributed by atoms with Crippen LogP contribution in [0, 0.1) is 17.3 Å². The van der Waals surface area contributed by atoms with E-state index in [-0.39, 0.29) is 0 Å². The molecule has 0 heterocycles. The highest BCUT2D eigenvalue weighted by Crippen LogP contribution is 2.71. The van der Waals surface area contributed by atoms with E-state index in [1.54, 1.807) is 32.1 Å². The molecular formula is C8H12. The van der Waals surface area contributed by atoms with Gasteiger partial charge in [-0.3, -0.25) is 0 Å². The van der Waals surface area contributed by atoms with Crippen molar-refractivity contribution in [3.63, 3.8) is 0 Å². The predicted octanol–water partition coefficient (Wildman–Crippen LogP) is 2.20. The zero-order valence-electron chi connectivity index (χ0n) is 5.19. The van der Waals surface area contributed by atoms with Crippen molar-refractivity contribution in [2.45, 2.75) is 32.1 Å². The van der Waals surface area contributed by atoms with Gasteiger partial charge in [0.15, 0.2) is 0 Å². The molecule has 4 aliphatic rings. The van der Waals surface area contributed by atoms with Crippen molar-refractivity contribution in [1.82, 2.24) is 0 Å². The third-order valence-electron chi connectivity index (χ3n) is 3.69. The Morgan fingerprint density at radius 2 is 1.88 bits per heavy atom. The molecule has 0 aromatic rings. The standard InChI is InChI=1S/C8H12/c1-2-8(1)5-6-3-7(8)4-6/h6-7H,1-5H2. The minimum atomic E-state index is 0.977. The molecule has 0 amide bonds. The normalized spacial score (nSPS) is 54.0. The van der Waals surface area contributed by atoms with Gasteiger partial charge in [0.05, 0.1) is 0 Å². The van der Waals surface area contributed by atoms with Crippen LogP contribution < -0.4 is 0 Å². The predicted molar refractivity (Wildman–Crippen MR) is 32.5 cm³/mol. The van der Waals surface area contributed by atoms with Crippen LogP contribution in [0.15, 0.2) is 0 Å². The van der Waals surface area contributed by atoms with Crippen LogP contribution in [0.2, 0.25) is 0 Å². The molecule has 0 aromatic carbocycles. The van der Waals surface area contributed by atoms with Gasteiger partial charge in [-0.1, -0.05) is 0 Å². The van der Waals surface area contributed by atoms with E-state index in [1.165, 1.54) is 11.8 Å². The Balaban J connectivity index is 2.02. The van der Waals surface area contributed by atoms with Crippen molar-refractivity contribution in [3.05, 3.63) is 0 Å². The van der Waals surface area contributed by atoms with E-state index in [0.29, 0.717) is 0 Å². The second-order valence-electron chi connectivity index (χ2n) is 4.10. The molecule has 8 heavy (non-hydrogen) atoms. The minimum absolute atomic E-state index is 0.977. The lowest BCUT2D eigenvalue weighted by atomic mass is 9.82. The number of hydrogen-bond donors (Lipinski definition) is 0. The largest absolute Gasteiger partial charge is 0.0470 e. The van der Waals surface area contributed by atoms with Crippen LogP contribution >= 0.6 is 0 Å². The van der Waals surface area contributed by atoms with E-state index in [2.05, 4.69) is 0 Å². The summed E-state index contributed by atoms with van der Waals surface area (Å²) in [4.78, 5) is 0. The summed E-state index contributed by atoms with van der Waals surface area (Å²) in [5, 5.41) is 0. The van der Waals surface area contributed by atoms with Gasteiger partial charge in [0.1, 0.15) is 0 Å². The zero-order valence-corrected chi connectivity index (χ0v) is 5.19. The highest BCUT2D eigenvalue weighted by molar-refractivity contribution is 5.11. The molecule has 0 saturated heterocycles. The van der Waals surface area contributed by atoms with Gasteiger partial charge in [0.25, 0.3) is 0 Å². The van der Waals surface area contributed by atoms with Crippen LogP contribution in [0.1, 0.15) is 32.1 Å². The maximum atomic E-state index is 1.62. The van der Waals surface area contributed by atoms with E-state index in [0.717, 1.165) is 5.41 Å². The van der Waals surface area contributed by atoms with Crippen LogP contribution in [0.3, 0.4) is 0 Å². The fourth-order valence-electron chi connectivity index (χ4n) is 2.92. The average molecular weight is 108 g/mol. The summed E-state index contributed by atoms with van der Waals surface area (Å²) in [5.74, 6) is 2.41. The molecule has 0 aliphatic heterocycles. The Hall–Kier alpha value is 0. The van der Waals surface area contributed by atoms with Crippen molar-refractivity contribution < 1.29 is 0 Å². The fourth-order valence-corrected chi connectivity index (χ4v) is 2.92. The molecule has 0 unspecified atom stereocenters. The van der Waals surface area contributed by atoms with Gasteiger partial charge in [-0.15, -0.1) is 0 Å². The van der Waals surface area contributed by atoms with E-state index < -0.39 is 0 Å². The van der Waals surface area contributed by atoms with E-state index in [9.17, 15) is 0 Å². The molecule has 0 aromatic heterocycles. The maximum Gasteiger partial charge on any atom is -0.0266 e. The summed E-state index contributed by atoms with van der Waals surface area (Å²) in [6, 6.07) is 0. The highest BCUT2D eigenvalue weighted by atomic mass is 14.7. The first-order chi connectivity index (χ1) is 3.89. The van der Waals surface area contributed by atoms with Crippen molar-refractivity contribution in [1.29, 1.82) is 0 Å². The molecule has 0 heteroatoms. The topological polar surface area (TPSA) is 0 Å². The van der Waals surface area contributed by atoms with Crippen LogP contribution in [-0.4, -0.2) is 0 Å². The van der Waals surface area contributed by atoms with Gasteiger partial charge < -0.3 is 0 Å². The first-order valence-corrected chi connectivity index (χ1v) is 3.89. The third-order valence-corrected chi connectivity index (χ3v) is 3.69. The molecule has 4 saturated carbocycles. The number of rotatable bonds is 0. The van der Waals surface area contributed by atoms with Gasteiger partial charge in [-0.2, -0.15) is 0 Å². The van der Waals surface area contributed by atoms with Crippen LogP contribution in [0.5, 0.6) is 0 Å². The van der Waals surface area contributed by atoms with E-state index in [1.807, 2.05) is 0 Å². The Labute approximate surface area is 50.3 Å². The lowest BCUT2D eigenvalue weighted by Crippen LogP contribution is -2.14. The Kier molecular flexibility index (Phi) is 0.427. The van der Waals surface area contributed by atoms with Crippen LogP contribution in [0.4, 0.5) is 0 Å². The quantitative estimate of drug-likeness (QED) is 0.446. The van der Waals surface area contributed by atoms with Crippen molar-refractivity contribution in [2.24, 2.45) is 17.3 Å². The zero-order chi connectivity index (χ0) is 5.19. The van der Waals surface area contributed by atoms with Crippen molar-refractivity contribution in [3.8, 4) is 0 Å². The van der Waals surface area contributed by atoms with Gasteiger partial charge in [-0.25, -0.2) is 0 Å². The Morgan fingerprint density at radius 3 is 2.12 bits per heavy atom. The second kappa shape index (κ2) is 0.872. The molecule has 0 atom stereocenters. The fraction of sp³-hybridized carbons (Fsp3) is 1.00. The van der Waals surface area contributed by atoms with Crippen molar-refractivity contribution in [2.75, 3.05) is 0 Å². The lowest BCUT2D eigenvalue weighted by Gasteiger charge is -2.24. The lowest BCUT2D eigenvalue weighted by molar-refractivity contribution is 0.266. The molecule has 0 radical (unpaired) electrons. The Bertz CT molecular complexity index is 127. The monoisotopic (exact) mass is 108 g/mol. The molecule has 0 N–H and O–H groups in total. The van der Waals surface area contributed by atoms with Crippen molar-refractivity contribution >= 4 is 0 Å². The van der Waals surface area contributed by atoms with E-state index >= 15 is 0 Å². The minimum Gasteiger partial charge on any atom is -0.0470 e. The Morgan fingerprint density at radius 1 is 1.12 bits per heavy atom. The van der Waals surface area contributed by atoms with E-state index in [4.69, 9.17) is 0 Å². The summed E-state index contributed by atoms with van der Waals surface area (Å²) in [6.07, 6.45) is 8.03. The third kappa shape index (κ3) is 0.260. The van der Waals surface area contributed by atoms with Gasteiger partial charge >= 0.3 is 0 Å².